The van der Waals surface area contributed by atoms with Gasteiger partial charge in [0.15, 0.2) is 0 Å². The highest BCUT2D eigenvalue weighted by Gasteiger charge is 2.54. The molecule has 4 unspecified atom stereocenters. The summed E-state index contributed by atoms with van der Waals surface area (Å²) < 4.78 is 0. The Balaban J connectivity index is 1.88. The summed E-state index contributed by atoms with van der Waals surface area (Å²) in [5.41, 5.74) is 0.726. The molecule has 158 valence electrons. The first-order valence-corrected chi connectivity index (χ1v) is 13.3. The van der Waals surface area contributed by atoms with Crippen LogP contribution in [-0.4, -0.2) is 0 Å². The van der Waals surface area contributed by atoms with Crippen LogP contribution in [0.5, 0.6) is 0 Å². The van der Waals surface area contributed by atoms with Crippen molar-refractivity contribution in [2.75, 3.05) is 0 Å². The zero-order chi connectivity index (χ0) is 19.1. The lowest BCUT2D eigenvalue weighted by Gasteiger charge is -2.49. The van der Waals surface area contributed by atoms with E-state index in [1.165, 1.54) is 57.8 Å². The Labute approximate surface area is 171 Å². The van der Waals surface area contributed by atoms with Crippen molar-refractivity contribution in [3.8, 4) is 0 Å². The van der Waals surface area contributed by atoms with E-state index < -0.39 is 0 Å². The number of rotatable bonds is 11. The SMILES string of the molecule is CCCCC1CC(C(CCCC)(CCCC)C2CCCC2)C2CCCCC12. The summed E-state index contributed by atoms with van der Waals surface area (Å²) in [6, 6.07) is 0. The Bertz CT molecular complexity index is 396. The molecule has 3 rings (SSSR count). The Hall–Kier alpha value is 0. The summed E-state index contributed by atoms with van der Waals surface area (Å²) >= 11 is 0. The Morgan fingerprint density at radius 3 is 1.81 bits per heavy atom. The summed E-state index contributed by atoms with van der Waals surface area (Å²) in [6.45, 7) is 7.26. The van der Waals surface area contributed by atoms with E-state index in [0.717, 1.165) is 35.0 Å². The quantitative estimate of drug-likeness (QED) is 0.338. The first-order valence-electron chi connectivity index (χ1n) is 13.3. The molecule has 4 atom stereocenters. The van der Waals surface area contributed by atoms with E-state index in [9.17, 15) is 0 Å². The number of unbranched alkanes of at least 4 members (excludes halogenated alkanes) is 3. The largest absolute Gasteiger partial charge is 0.0654 e. The minimum atomic E-state index is 0.726. The van der Waals surface area contributed by atoms with E-state index in [1.54, 1.807) is 57.8 Å². The van der Waals surface area contributed by atoms with Gasteiger partial charge in [0.25, 0.3) is 0 Å². The van der Waals surface area contributed by atoms with Crippen molar-refractivity contribution < 1.29 is 0 Å². The molecule has 0 aromatic heterocycles. The number of hydrogen-bond donors (Lipinski definition) is 0. The van der Waals surface area contributed by atoms with Gasteiger partial charge in [-0.15, -0.1) is 0 Å². The van der Waals surface area contributed by atoms with Gasteiger partial charge in [-0.1, -0.05) is 91.4 Å². The number of fused-ring (bicyclic) bond motifs is 1. The normalized spacial score (nSPS) is 32.1. The van der Waals surface area contributed by atoms with Gasteiger partial charge < -0.3 is 0 Å². The van der Waals surface area contributed by atoms with Crippen LogP contribution in [0.2, 0.25) is 0 Å². The monoisotopic (exact) mass is 374 g/mol. The van der Waals surface area contributed by atoms with Crippen LogP contribution in [0.25, 0.3) is 0 Å². The van der Waals surface area contributed by atoms with Crippen LogP contribution >= 0.6 is 0 Å². The summed E-state index contributed by atoms with van der Waals surface area (Å²) in [4.78, 5) is 0. The highest BCUT2D eigenvalue weighted by Crippen LogP contribution is 2.63. The second-order valence-electron chi connectivity index (χ2n) is 10.8. The fourth-order valence-corrected chi connectivity index (χ4v) is 8.13. The van der Waals surface area contributed by atoms with Crippen LogP contribution in [0.4, 0.5) is 0 Å². The molecule has 0 N–H and O–H groups in total. The maximum Gasteiger partial charge on any atom is -0.0238 e. The topological polar surface area (TPSA) is 0 Å². The molecule has 0 bridgehead atoms. The lowest BCUT2D eigenvalue weighted by Crippen LogP contribution is -2.40. The molecule has 3 aliphatic rings. The van der Waals surface area contributed by atoms with Crippen LogP contribution in [0.3, 0.4) is 0 Å². The zero-order valence-corrected chi connectivity index (χ0v) is 19.1. The van der Waals surface area contributed by atoms with Gasteiger partial charge in [-0.3, -0.25) is 0 Å². The molecule has 0 spiro atoms. The third-order valence-electron chi connectivity index (χ3n) is 9.38. The van der Waals surface area contributed by atoms with Crippen molar-refractivity contribution in [2.24, 2.45) is 35.0 Å². The Kier molecular flexibility index (Phi) is 8.59. The third-order valence-corrected chi connectivity index (χ3v) is 9.38. The van der Waals surface area contributed by atoms with Crippen molar-refractivity contribution in [2.45, 2.75) is 136 Å². The van der Waals surface area contributed by atoms with Crippen LogP contribution in [0, 0.1) is 35.0 Å². The van der Waals surface area contributed by atoms with Crippen LogP contribution < -0.4 is 0 Å². The summed E-state index contributed by atoms with van der Waals surface area (Å²) in [6.07, 6.45) is 27.5. The molecular formula is C27H50. The molecule has 0 aliphatic heterocycles. The molecule has 0 aromatic carbocycles. The van der Waals surface area contributed by atoms with Gasteiger partial charge in [-0.05, 0) is 80.0 Å². The first-order chi connectivity index (χ1) is 13.3. The van der Waals surface area contributed by atoms with Gasteiger partial charge in [0, 0.05) is 0 Å². The van der Waals surface area contributed by atoms with Crippen molar-refractivity contribution in [3.05, 3.63) is 0 Å². The van der Waals surface area contributed by atoms with Crippen LogP contribution in [-0.2, 0) is 0 Å². The Morgan fingerprint density at radius 1 is 0.667 bits per heavy atom. The van der Waals surface area contributed by atoms with E-state index >= 15 is 0 Å². The van der Waals surface area contributed by atoms with E-state index in [0.29, 0.717) is 0 Å². The second-order valence-corrected chi connectivity index (χ2v) is 10.8. The van der Waals surface area contributed by atoms with Gasteiger partial charge in [-0.25, -0.2) is 0 Å². The third kappa shape index (κ3) is 4.78. The fourth-order valence-electron chi connectivity index (χ4n) is 8.13. The molecule has 0 radical (unpaired) electrons. The highest BCUT2D eigenvalue weighted by atomic mass is 14.6. The van der Waals surface area contributed by atoms with E-state index in [4.69, 9.17) is 0 Å². The minimum absolute atomic E-state index is 0.726. The van der Waals surface area contributed by atoms with Crippen molar-refractivity contribution in [1.29, 1.82) is 0 Å². The molecule has 0 amide bonds. The summed E-state index contributed by atoms with van der Waals surface area (Å²) in [5, 5.41) is 0. The summed E-state index contributed by atoms with van der Waals surface area (Å²) in [5.74, 6) is 5.47. The van der Waals surface area contributed by atoms with E-state index in [1.807, 2.05) is 0 Å². The zero-order valence-electron chi connectivity index (χ0n) is 19.1. The van der Waals surface area contributed by atoms with Gasteiger partial charge >= 0.3 is 0 Å². The standard InChI is InChI=1S/C27H50/c1-4-7-14-22-21-26(25-18-13-12-17-24(22)25)27(19-8-5-2,20-9-6-3)23-15-10-11-16-23/h22-26H,4-21H2,1-3H3. The molecular weight excluding hydrogens is 324 g/mol. The van der Waals surface area contributed by atoms with Gasteiger partial charge in [0.2, 0.25) is 0 Å². The molecule has 0 heterocycles. The fraction of sp³-hybridized carbons (Fsp3) is 1.00. The van der Waals surface area contributed by atoms with Gasteiger partial charge in [0.05, 0.1) is 0 Å². The smallest absolute Gasteiger partial charge is 0.0238 e. The van der Waals surface area contributed by atoms with E-state index in [2.05, 4.69) is 20.8 Å². The van der Waals surface area contributed by atoms with Crippen LogP contribution in [0.1, 0.15) is 136 Å². The van der Waals surface area contributed by atoms with Crippen molar-refractivity contribution >= 4 is 0 Å². The van der Waals surface area contributed by atoms with Crippen molar-refractivity contribution in [1.82, 2.24) is 0 Å². The van der Waals surface area contributed by atoms with Crippen molar-refractivity contribution in [3.63, 3.8) is 0 Å². The molecule has 0 saturated heterocycles. The average molecular weight is 375 g/mol. The molecule has 0 heteroatoms. The molecule has 0 nitrogen and oxygen atoms in total. The van der Waals surface area contributed by atoms with Gasteiger partial charge in [-0.2, -0.15) is 0 Å². The maximum absolute atomic E-state index is 2.43. The predicted octanol–water partition coefficient (Wildman–Crippen LogP) is 9.18. The first kappa shape index (κ1) is 21.7. The Morgan fingerprint density at radius 2 is 1.22 bits per heavy atom. The van der Waals surface area contributed by atoms with Gasteiger partial charge in [0.1, 0.15) is 0 Å². The molecule has 27 heavy (non-hydrogen) atoms. The highest BCUT2D eigenvalue weighted by molar-refractivity contribution is 5.03. The lowest BCUT2D eigenvalue weighted by atomic mass is 9.56. The van der Waals surface area contributed by atoms with Crippen LogP contribution in [0.15, 0.2) is 0 Å². The molecule has 3 aliphatic carbocycles. The van der Waals surface area contributed by atoms with E-state index in [-0.39, 0.29) is 0 Å². The molecule has 3 saturated carbocycles. The second kappa shape index (κ2) is 10.7. The average Bonchev–Trinajstić information content (AvgIpc) is 3.36. The minimum Gasteiger partial charge on any atom is -0.0654 e. The predicted molar refractivity (Wildman–Crippen MR) is 120 cm³/mol. The number of hydrogen-bond acceptors (Lipinski definition) is 0. The maximum atomic E-state index is 2.43. The summed E-state index contributed by atoms with van der Waals surface area (Å²) in [7, 11) is 0. The molecule has 0 aromatic rings. The lowest BCUT2D eigenvalue weighted by molar-refractivity contribution is 0.00639. The molecule has 3 fully saturated rings.